The average Bonchev–Trinajstić information content (AvgIpc) is 3.34. The van der Waals surface area contributed by atoms with Crippen LogP contribution in [0.2, 0.25) is 0 Å². The van der Waals surface area contributed by atoms with Crippen molar-refractivity contribution >= 4 is 21.4 Å². The highest BCUT2D eigenvalue weighted by Crippen LogP contribution is 2.35. The number of H-pyrrole nitrogens is 1. The predicted molar refractivity (Wildman–Crippen MR) is 95.6 cm³/mol. The Morgan fingerprint density at radius 3 is 2.88 bits per heavy atom. The molecule has 2 N–H and O–H groups in total. The lowest BCUT2D eigenvalue weighted by Gasteiger charge is -2.08. The summed E-state index contributed by atoms with van der Waals surface area (Å²) in [7, 11) is -3.39. The van der Waals surface area contributed by atoms with Crippen LogP contribution in [0, 0.1) is 0 Å². The molecule has 0 spiro atoms. The number of aromatic amines is 1. The third-order valence-corrected chi connectivity index (χ3v) is 5.52. The molecule has 4 aromatic rings. The fourth-order valence-electron chi connectivity index (χ4n) is 3.32. The highest BCUT2D eigenvalue weighted by Gasteiger charge is 2.25. The number of nitrogens with one attached hydrogen (secondary N) is 2. The van der Waals surface area contributed by atoms with E-state index in [2.05, 4.69) is 30.0 Å². The number of pyridine rings is 1. The molecule has 0 aliphatic carbocycles. The lowest BCUT2D eigenvalue weighted by molar-refractivity contribution is 0.597. The second kappa shape index (κ2) is 5.18. The molecule has 0 unspecified atom stereocenters. The van der Waals surface area contributed by atoms with Crippen LogP contribution >= 0.6 is 0 Å². The Labute approximate surface area is 148 Å². The van der Waals surface area contributed by atoms with Crippen molar-refractivity contribution in [2.24, 2.45) is 0 Å². The quantitative estimate of drug-likeness (QED) is 0.565. The Balaban J connectivity index is 1.78. The lowest BCUT2D eigenvalue weighted by Crippen LogP contribution is -2.03. The van der Waals surface area contributed by atoms with Crippen LogP contribution in [0.5, 0.6) is 0 Å². The number of sulfone groups is 1. The largest absolute Gasteiger partial charge is 0.354 e. The van der Waals surface area contributed by atoms with Gasteiger partial charge in [-0.15, -0.1) is 0 Å². The molecule has 0 bridgehead atoms. The smallest absolute Gasteiger partial charge is 0.204 e. The minimum atomic E-state index is -3.39. The molecule has 26 heavy (non-hydrogen) atoms. The van der Waals surface area contributed by atoms with Crippen LogP contribution in [-0.2, 0) is 16.4 Å². The van der Waals surface area contributed by atoms with Gasteiger partial charge in [0.05, 0.1) is 11.9 Å². The molecule has 5 heterocycles. The lowest BCUT2D eigenvalue weighted by atomic mass is 10.1. The van der Waals surface area contributed by atoms with Gasteiger partial charge in [-0.05, 0) is 18.2 Å². The van der Waals surface area contributed by atoms with E-state index < -0.39 is 9.84 Å². The van der Waals surface area contributed by atoms with E-state index in [1.165, 1.54) is 12.5 Å². The van der Waals surface area contributed by atoms with Gasteiger partial charge < -0.3 is 9.88 Å². The first-order chi connectivity index (χ1) is 12.5. The van der Waals surface area contributed by atoms with Crippen LogP contribution < -0.4 is 5.32 Å². The van der Waals surface area contributed by atoms with E-state index in [0.717, 1.165) is 41.7 Å². The molecule has 0 saturated heterocycles. The number of aromatic nitrogens is 6. The van der Waals surface area contributed by atoms with Crippen LogP contribution in [0.4, 0.5) is 5.95 Å². The maximum absolute atomic E-state index is 12.0. The molecule has 5 rings (SSSR count). The summed E-state index contributed by atoms with van der Waals surface area (Å²) in [6.45, 7) is 1.58. The zero-order valence-corrected chi connectivity index (χ0v) is 14.7. The average molecular weight is 369 g/mol. The molecular formula is C16H15N7O2S. The normalized spacial score (nSPS) is 13.9. The van der Waals surface area contributed by atoms with Gasteiger partial charge in [0.15, 0.2) is 14.9 Å². The van der Waals surface area contributed by atoms with Crippen molar-refractivity contribution < 1.29 is 8.42 Å². The molecule has 1 aliphatic rings. The fraction of sp³-hybridized carbons (Fsp3) is 0.188. The summed E-state index contributed by atoms with van der Waals surface area (Å²) < 4.78 is 27.8. The van der Waals surface area contributed by atoms with Crippen molar-refractivity contribution in [1.82, 2.24) is 29.1 Å². The Hall–Kier alpha value is -3.14. The van der Waals surface area contributed by atoms with Gasteiger partial charge in [-0.25, -0.2) is 18.4 Å². The van der Waals surface area contributed by atoms with Crippen LogP contribution in [0.1, 0.15) is 0 Å². The minimum Gasteiger partial charge on any atom is -0.354 e. The maximum atomic E-state index is 12.0. The minimum absolute atomic E-state index is 0.162. The van der Waals surface area contributed by atoms with E-state index in [9.17, 15) is 8.42 Å². The van der Waals surface area contributed by atoms with Crippen molar-refractivity contribution in [1.29, 1.82) is 0 Å². The Morgan fingerprint density at radius 2 is 2.12 bits per heavy atom. The molecule has 4 aromatic heterocycles. The number of rotatable bonds is 3. The number of hydrogen-bond donors (Lipinski definition) is 2. The van der Waals surface area contributed by atoms with E-state index in [4.69, 9.17) is 0 Å². The van der Waals surface area contributed by atoms with E-state index in [-0.39, 0.29) is 5.03 Å². The molecule has 9 nitrogen and oxygen atoms in total. The van der Waals surface area contributed by atoms with Crippen LogP contribution in [0.15, 0.2) is 41.8 Å². The second-order valence-corrected chi connectivity index (χ2v) is 8.15. The number of fused-ring (bicyclic) bond motifs is 2. The number of hydrogen-bond acceptors (Lipinski definition) is 6. The van der Waals surface area contributed by atoms with Crippen molar-refractivity contribution in [3.8, 4) is 22.6 Å². The molecule has 0 fully saturated rings. The topological polar surface area (TPSA) is 110 Å². The Morgan fingerprint density at radius 1 is 1.23 bits per heavy atom. The van der Waals surface area contributed by atoms with Crippen LogP contribution in [0.3, 0.4) is 0 Å². The molecule has 0 atom stereocenters. The second-order valence-electron chi connectivity index (χ2n) is 6.19. The van der Waals surface area contributed by atoms with E-state index in [0.29, 0.717) is 5.65 Å². The summed E-state index contributed by atoms with van der Waals surface area (Å²) in [6.07, 6.45) is 6.10. The Bertz CT molecular complexity index is 1240. The van der Waals surface area contributed by atoms with Gasteiger partial charge in [0.25, 0.3) is 0 Å². The summed E-state index contributed by atoms with van der Waals surface area (Å²) in [6, 6.07) is 5.59. The van der Waals surface area contributed by atoms with Gasteiger partial charge in [-0.2, -0.15) is 5.10 Å². The highest BCUT2D eigenvalue weighted by atomic mass is 32.2. The standard InChI is InChI=1S/C16H15N7O2S/c1-26(24,25)13-8-18-12-3-2-10(9-23(12)13)15-14(11-4-5-19-21-11)20-16-17-6-7-22(15)16/h2-5,8-9H,6-7H2,1H3,(H,17,20)(H,19,21). The first-order valence-electron chi connectivity index (χ1n) is 8.04. The maximum Gasteiger partial charge on any atom is 0.204 e. The third-order valence-electron chi connectivity index (χ3n) is 4.45. The summed E-state index contributed by atoms with van der Waals surface area (Å²) in [5, 5.41) is 10.5. The van der Waals surface area contributed by atoms with E-state index in [1.54, 1.807) is 22.9 Å². The van der Waals surface area contributed by atoms with Crippen molar-refractivity contribution in [3.63, 3.8) is 0 Å². The monoisotopic (exact) mass is 369 g/mol. The summed E-state index contributed by atoms with van der Waals surface area (Å²) in [5.74, 6) is 0.784. The predicted octanol–water partition coefficient (Wildman–Crippen LogP) is 1.42. The van der Waals surface area contributed by atoms with Gasteiger partial charge in [0, 0.05) is 37.3 Å². The molecule has 132 valence electrons. The Kier molecular flexibility index (Phi) is 3.02. The third kappa shape index (κ3) is 2.15. The summed E-state index contributed by atoms with van der Waals surface area (Å²) >= 11 is 0. The van der Waals surface area contributed by atoms with Gasteiger partial charge >= 0.3 is 0 Å². The van der Waals surface area contributed by atoms with E-state index in [1.807, 2.05) is 12.1 Å². The molecule has 1 aliphatic heterocycles. The zero-order chi connectivity index (χ0) is 17.9. The number of anilines is 1. The van der Waals surface area contributed by atoms with Gasteiger partial charge in [0.2, 0.25) is 5.95 Å². The van der Waals surface area contributed by atoms with Crippen LogP contribution in [0.25, 0.3) is 28.3 Å². The van der Waals surface area contributed by atoms with Gasteiger partial charge in [-0.1, -0.05) is 0 Å². The van der Waals surface area contributed by atoms with Crippen molar-refractivity contribution in [2.45, 2.75) is 11.6 Å². The van der Waals surface area contributed by atoms with Gasteiger partial charge in [-0.3, -0.25) is 9.50 Å². The highest BCUT2D eigenvalue weighted by molar-refractivity contribution is 7.90. The SMILES string of the molecule is CS(=O)(=O)c1cnc2ccc(-c3c(-c4cc[nH]n4)nc4n3CCN4)cn12. The molecular weight excluding hydrogens is 354 g/mol. The molecule has 0 radical (unpaired) electrons. The molecule has 0 amide bonds. The molecule has 0 saturated carbocycles. The number of nitrogens with zero attached hydrogens (tertiary/aromatic N) is 5. The summed E-state index contributed by atoms with van der Waals surface area (Å²) in [5.41, 5.74) is 3.80. The number of imidazole rings is 2. The summed E-state index contributed by atoms with van der Waals surface area (Å²) in [4.78, 5) is 8.86. The first-order valence-corrected chi connectivity index (χ1v) is 9.93. The van der Waals surface area contributed by atoms with E-state index >= 15 is 0 Å². The zero-order valence-electron chi connectivity index (χ0n) is 13.8. The fourth-order valence-corrected chi connectivity index (χ4v) is 4.07. The van der Waals surface area contributed by atoms with Gasteiger partial charge in [0.1, 0.15) is 17.0 Å². The van der Waals surface area contributed by atoms with Crippen LogP contribution in [-0.4, -0.2) is 50.4 Å². The van der Waals surface area contributed by atoms with Crippen molar-refractivity contribution in [3.05, 3.63) is 36.8 Å². The van der Waals surface area contributed by atoms with Crippen molar-refractivity contribution in [2.75, 3.05) is 18.1 Å². The molecule has 10 heteroatoms. The molecule has 0 aromatic carbocycles. The first kappa shape index (κ1) is 15.1.